The number of aryl methyl sites for hydroxylation is 1. The first-order chi connectivity index (χ1) is 9.13. The molecule has 0 unspecified atom stereocenters. The highest BCUT2D eigenvalue weighted by Crippen LogP contribution is 2.20. The molecule has 0 aromatic heterocycles. The molecule has 0 aliphatic rings. The molecule has 0 saturated heterocycles. The van der Waals surface area contributed by atoms with Gasteiger partial charge in [-0.3, -0.25) is 4.79 Å². The van der Waals surface area contributed by atoms with Crippen LogP contribution in [-0.4, -0.2) is 5.91 Å². The van der Waals surface area contributed by atoms with Crippen LogP contribution in [0.15, 0.2) is 42.5 Å². The molecule has 2 rings (SSSR count). The third-order valence-corrected chi connectivity index (χ3v) is 2.84. The van der Waals surface area contributed by atoms with Gasteiger partial charge in [-0.15, -0.1) is 0 Å². The minimum Gasteiger partial charge on any atom is -0.398 e. The third-order valence-electron chi connectivity index (χ3n) is 2.84. The minimum absolute atomic E-state index is 0.319. The van der Waals surface area contributed by atoms with Gasteiger partial charge in [0, 0.05) is 5.69 Å². The van der Waals surface area contributed by atoms with Crippen LogP contribution < -0.4 is 11.1 Å². The Morgan fingerprint density at radius 3 is 2.63 bits per heavy atom. The summed E-state index contributed by atoms with van der Waals surface area (Å²) in [6, 6.07) is 14.2. The molecular weight excluding hydrogens is 238 g/mol. The average molecular weight is 251 g/mol. The minimum atomic E-state index is -0.319. The van der Waals surface area contributed by atoms with Gasteiger partial charge in [0.05, 0.1) is 16.8 Å². The van der Waals surface area contributed by atoms with Crippen molar-refractivity contribution in [2.45, 2.75) is 6.92 Å². The van der Waals surface area contributed by atoms with Crippen molar-refractivity contribution in [2.75, 3.05) is 11.1 Å². The SMILES string of the molecule is Cc1cccc(NC(=O)c2ccccc2N)c1C#N. The number of benzene rings is 2. The summed E-state index contributed by atoms with van der Waals surface area (Å²) in [6.45, 7) is 1.82. The summed E-state index contributed by atoms with van der Waals surface area (Å²) in [5.74, 6) is -0.319. The van der Waals surface area contributed by atoms with Crippen molar-refractivity contribution in [3.8, 4) is 6.07 Å². The number of nitrogens with zero attached hydrogens (tertiary/aromatic N) is 1. The molecule has 0 atom stereocenters. The predicted octanol–water partition coefficient (Wildman–Crippen LogP) is 2.70. The highest BCUT2D eigenvalue weighted by molar-refractivity contribution is 6.08. The lowest BCUT2D eigenvalue weighted by Crippen LogP contribution is -2.15. The number of hydrogen-bond donors (Lipinski definition) is 2. The highest BCUT2D eigenvalue weighted by atomic mass is 16.1. The van der Waals surface area contributed by atoms with Gasteiger partial charge < -0.3 is 11.1 Å². The van der Waals surface area contributed by atoms with E-state index in [4.69, 9.17) is 11.0 Å². The van der Waals surface area contributed by atoms with E-state index in [0.29, 0.717) is 22.5 Å². The average Bonchev–Trinajstić information content (AvgIpc) is 2.39. The first kappa shape index (κ1) is 12.7. The number of nitriles is 1. The van der Waals surface area contributed by atoms with E-state index in [2.05, 4.69) is 11.4 Å². The number of nitrogen functional groups attached to an aromatic ring is 1. The quantitative estimate of drug-likeness (QED) is 0.805. The zero-order valence-electron chi connectivity index (χ0n) is 10.5. The van der Waals surface area contributed by atoms with Gasteiger partial charge in [-0.05, 0) is 30.7 Å². The van der Waals surface area contributed by atoms with Crippen LogP contribution in [0, 0.1) is 18.3 Å². The lowest BCUT2D eigenvalue weighted by molar-refractivity contribution is 0.102. The van der Waals surface area contributed by atoms with Crippen molar-refractivity contribution < 1.29 is 4.79 Å². The van der Waals surface area contributed by atoms with Crippen molar-refractivity contribution in [2.24, 2.45) is 0 Å². The molecule has 0 bridgehead atoms. The summed E-state index contributed by atoms with van der Waals surface area (Å²) in [6.07, 6.45) is 0. The van der Waals surface area contributed by atoms with Crippen LogP contribution >= 0.6 is 0 Å². The Hall–Kier alpha value is -2.80. The van der Waals surface area contributed by atoms with Crippen LogP contribution in [0.5, 0.6) is 0 Å². The second-order valence-electron chi connectivity index (χ2n) is 4.15. The lowest BCUT2D eigenvalue weighted by Gasteiger charge is -2.10. The summed E-state index contributed by atoms with van der Waals surface area (Å²) < 4.78 is 0. The van der Waals surface area contributed by atoms with Gasteiger partial charge in [0.2, 0.25) is 0 Å². The summed E-state index contributed by atoms with van der Waals surface area (Å²) in [4.78, 5) is 12.1. The summed E-state index contributed by atoms with van der Waals surface area (Å²) >= 11 is 0. The van der Waals surface area contributed by atoms with E-state index in [9.17, 15) is 4.79 Å². The van der Waals surface area contributed by atoms with E-state index in [-0.39, 0.29) is 5.91 Å². The smallest absolute Gasteiger partial charge is 0.257 e. The molecule has 0 aliphatic carbocycles. The van der Waals surface area contributed by atoms with Gasteiger partial charge in [0.25, 0.3) is 5.91 Å². The Labute approximate surface area is 111 Å². The number of hydrogen-bond acceptors (Lipinski definition) is 3. The maximum absolute atomic E-state index is 12.1. The number of carbonyl (C=O) groups is 1. The van der Waals surface area contributed by atoms with Crippen molar-refractivity contribution in [3.63, 3.8) is 0 Å². The molecule has 0 heterocycles. The van der Waals surface area contributed by atoms with Crippen LogP contribution in [0.1, 0.15) is 21.5 Å². The molecule has 0 fully saturated rings. The summed E-state index contributed by atoms with van der Waals surface area (Å²) in [7, 11) is 0. The lowest BCUT2D eigenvalue weighted by atomic mass is 10.1. The molecule has 94 valence electrons. The van der Waals surface area contributed by atoms with Crippen LogP contribution in [0.25, 0.3) is 0 Å². The third kappa shape index (κ3) is 2.55. The molecule has 2 aromatic carbocycles. The number of amides is 1. The Morgan fingerprint density at radius 2 is 1.95 bits per heavy atom. The molecule has 4 nitrogen and oxygen atoms in total. The fourth-order valence-electron chi connectivity index (χ4n) is 1.81. The summed E-state index contributed by atoms with van der Waals surface area (Å²) in [5, 5.41) is 11.8. The molecule has 0 spiro atoms. The van der Waals surface area contributed by atoms with Crippen molar-refractivity contribution in [1.29, 1.82) is 5.26 Å². The van der Waals surface area contributed by atoms with Gasteiger partial charge in [-0.2, -0.15) is 5.26 Å². The molecule has 4 heteroatoms. The Kier molecular flexibility index (Phi) is 3.48. The maximum atomic E-state index is 12.1. The van der Waals surface area contributed by atoms with Gasteiger partial charge in [-0.25, -0.2) is 0 Å². The van der Waals surface area contributed by atoms with Crippen molar-refractivity contribution in [1.82, 2.24) is 0 Å². The Balaban J connectivity index is 2.33. The number of rotatable bonds is 2. The van der Waals surface area contributed by atoms with E-state index in [1.165, 1.54) is 0 Å². The van der Waals surface area contributed by atoms with Gasteiger partial charge in [-0.1, -0.05) is 24.3 Å². The van der Waals surface area contributed by atoms with Crippen LogP contribution in [-0.2, 0) is 0 Å². The molecule has 3 N–H and O–H groups in total. The maximum Gasteiger partial charge on any atom is 0.257 e. The summed E-state index contributed by atoms with van der Waals surface area (Å²) in [5.41, 5.74) is 8.33. The molecule has 0 aliphatic heterocycles. The zero-order chi connectivity index (χ0) is 13.8. The van der Waals surface area contributed by atoms with Gasteiger partial charge in [0.15, 0.2) is 0 Å². The number of anilines is 2. The monoisotopic (exact) mass is 251 g/mol. The first-order valence-corrected chi connectivity index (χ1v) is 5.79. The largest absolute Gasteiger partial charge is 0.398 e. The van der Waals surface area contributed by atoms with E-state index >= 15 is 0 Å². The molecule has 1 amide bonds. The molecule has 0 saturated carbocycles. The topological polar surface area (TPSA) is 78.9 Å². The predicted molar refractivity (Wildman–Crippen MR) is 74.7 cm³/mol. The fraction of sp³-hybridized carbons (Fsp3) is 0.0667. The molecular formula is C15H13N3O. The second-order valence-corrected chi connectivity index (χ2v) is 4.15. The number of para-hydroxylation sites is 1. The van der Waals surface area contributed by atoms with E-state index in [1.807, 2.05) is 13.0 Å². The zero-order valence-corrected chi connectivity index (χ0v) is 10.5. The second kappa shape index (κ2) is 5.23. The van der Waals surface area contributed by atoms with Crippen molar-refractivity contribution in [3.05, 3.63) is 59.2 Å². The van der Waals surface area contributed by atoms with E-state index < -0.39 is 0 Å². The standard InChI is InChI=1S/C15H13N3O/c1-10-5-4-8-14(12(10)9-16)18-15(19)11-6-2-3-7-13(11)17/h2-8H,17H2,1H3,(H,18,19). The number of nitrogens with two attached hydrogens (primary N) is 1. The van der Waals surface area contributed by atoms with Crippen LogP contribution in [0.4, 0.5) is 11.4 Å². The van der Waals surface area contributed by atoms with E-state index in [1.54, 1.807) is 36.4 Å². The number of carbonyl (C=O) groups excluding carboxylic acids is 1. The van der Waals surface area contributed by atoms with Gasteiger partial charge >= 0.3 is 0 Å². The van der Waals surface area contributed by atoms with Crippen LogP contribution in [0.2, 0.25) is 0 Å². The normalized spacial score (nSPS) is 9.68. The van der Waals surface area contributed by atoms with Crippen molar-refractivity contribution >= 4 is 17.3 Å². The highest BCUT2D eigenvalue weighted by Gasteiger charge is 2.12. The Bertz CT molecular complexity index is 671. The molecule has 19 heavy (non-hydrogen) atoms. The van der Waals surface area contributed by atoms with E-state index in [0.717, 1.165) is 5.56 Å². The Morgan fingerprint density at radius 1 is 1.21 bits per heavy atom. The first-order valence-electron chi connectivity index (χ1n) is 5.79. The fourth-order valence-corrected chi connectivity index (χ4v) is 1.81. The van der Waals surface area contributed by atoms with Gasteiger partial charge in [0.1, 0.15) is 6.07 Å². The molecule has 0 radical (unpaired) electrons. The molecule has 2 aromatic rings. The van der Waals surface area contributed by atoms with Crippen LogP contribution in [0.3, 0.4) is 0 Å². The number of nitrogens with one attached hydrogen (secondary N) is 1.